The van der Waals surface area contributed by atoms with Gasteiger partial charge in [0.25, 0.3) is 0 Å². The van der Waals surface area contributed by atoms with Crippen LogP contribution in [0.25, 0.3) is 27.6 Å². The molecule has 0 amide bonds. The Morgan fingerprint density at radius 3 is 2.50 bits per heavy atom. The number of allylic oxidation sites excluding steroid dienone is 1. The van der Waals surface area contributed by atoms with E-state index in [2.05, 4.69) is 36.4 Å². The Kier molecular flexibility index (Phi) is 3.36. The van der Waals surface area contributed by atoms with Gasteiger partial charge in [0.1, 0.15) is 5.75 Å². The molecule has 0 fully saturated rings. The largest absolute Gasteiger partial charge is 0.423 e. The van der Waals surface area contributed by atoms with E-state index in [1.807, 2.05) is 36.4 Å². The monoisotopic (exact) mass is 336 g/mol. The molecule has 0 unspecified atom stereocenters. The van der Waals surface area contributed by atoms with Crippen LogP contribution in [-0.4, -0.2) is 5.97 Å². The van der Waals surface area contributed by atoms with Gasteiger partial charge >= 0.3 is 5.97 Å². The van der Waals surface area contributed by atoms with Crippen molar-refractivity contribution in [1.29, 1.82) is 0 Å². The minimum atomic E-state index is -0.338. The zero-order valence-corrected chi connectivity index (χ0v) is 14.1. The summed E-state index contributed by atoms with van der Waals surface area (Å²) >= 11 is 0. The lowest BCUT2D eigenvalue weighted by molar-refractivity contribution is 0.0735. The molecule has 4 aromatic carbocycles. The molecule has 0 bridgehead atoms. The van der Waals surface area contributed by atoms with E-state index in [0.717, 1.165) is 11.8 Å². The average molecular weight is 336 g/mol. The van der Waals surface area contributed by atoms with Gasteiger partial charge in [0.15, 0.2) is 0 Å². The van der Waals surface area contributed by atoms with Crippen molar-refractivity contribution in [3.05, 3.63) is 95.6 Å². The van der Waals surface area contributed by atoms with Crippen molar-refractivity contribution in [2.24, 2.45) is 0 Å². The highest BCUT2D eigenvalue weighted by Crippen LogP contribution is 2.34. The number of fused-ring (bicyclic) bond motifs is 5. The number of ether oxygens (including phenoxy) is 1. The van der Waals surface area contributed by atoms with E-state index in [0.29, 0.717) is 11.3 Å². The molecule has 0 saturated carbocycles. The van der Waals surface area contributed by atoms with Crippen LogP contribution in [0.4, 0.5) is 0 Å². The lowest BCUT2D eigenvalue weighted by Gasteiger charge is -2.10. The first-order valence-electron chi connectivity index (χ1n) is 8.72. The van der Waals surface area contributed by atoms with E-state index < -0.39 is 0 Å². The van der Waals surface area contributed by atoms with Crippen molar-refractivity contribution >= 4 is 33.6 Å². The predicted octanol–water partition coefficient (Wildman–Crippen LogP) is 5.78. The summed E-state index contributed by atoms with van der Waals surface area (Å²) in [6, 6.07) is 23.5. The molecule has 0 radical (unpaired) electrons. The molecule has 124 valence electrons. The van der Waals surface area contributed by atoms with E-state index in [9.17, 15) is 4.79 Å². The maximum Gasteiger partial charge on any atom is 0.343 e. The summed E-state index contributed by atoms with van der Waals surface area (Å²) < 4.78 is 5.55. The molecule has 26 heavy (non-hydrogen) atoms. The van der Waals surface area contributed by atoms with Crippen LogP contribution in [0.2, 0.25) is 0 Å². The normalized spacial score (nSPS) is 12.5. The Balaban J connectivity index is 1.55. The summed E-state index contributed by atoms with van der Waals surface area (Å²) in [6.45, 7) is 0. The Morgan fingerprint density at radius 1 is 0.808 bits per heavy atom. The Morgan fingerprint density at radius 2 is 1.62 bits per heavy atom. The molecule has 0 heterocycles. The van der Waals surface area contributed by atoms with Gasteiger partial charge in [-0.05, 0) is 63.4 Å². The van der Waals surface area contributed by atoms with Crippen molar-refractivity contribution in [1.82, 2.24) is 0 Å². The van der Waals surface area contributed by atoms with Crippen molar-refractivity contribution in [3.63, 3.8) is 0 Å². The van der Waals surface area contributed by atoms with Gasteiger partial charge in [-0.25, -0.2) is 4.79 Å². The van der Waals surface area contributed by atoms with Crippen LogP contribution >= 0.6 is 0 Å². The number of rotatable bonds is 2. The average Bonchev–Trinajstić information content (AvgIpc) is 3.17. The van der Waals surface area contributed by atoms with E-state index >= 15 is 0 Å². The molecule has 2 heteroatoms. The van der Waals surface area contributed by atoms with Crippen molar-refractivity contribution in [3.8, 4) is 5.75 Å². The molecular weight excluding hydrogens is 320 g/mol. The van der Waals surface area contributed by atoms with Crippen LogP contribution < -0.4 is 4.74 Å². The highest BCUT2D eigenvalue weighted by atomic mass is 16.5. The SMILES string of the molecule is O=C(Oc1ccc2c(ccc3c4c(ccc32)C=CC4)c1)c1ccccc1. The molecule has 1 aliphatic rings. The van der Waals surface area contributed by atoms with Crippen molar-refractivity contribution in [2.45, 2.75) is 6.42 Å². The molecule has 0 aliphatic heterocycles. The first kappa shape index (κ1) is 14.9. The van der Waals surface area contributed by atoms with Gasteiger partial charge in [-0.15, -0.1) is 0 Å². The third-order valence-corrected chi connectivity index (χ3v) is 4.98. The fraction of sp³-hybridized carbons (Fsp3) is 0.0417. The lowest BCUT2D eigenvalue weighted by Crippen LogP contribution is -2.07. The smallest absolute Gasteiger partial charge is 0.343 e. The summed E-state index contributed by atoms with van der Waals surface area (Å²) in [6.07, 6.45) is 5.39. The van der Waals surface area contributed by atoms with Crippen LogP contribution in [-0.2, 0) is 6.42 Å². The minimum Gasteiger partial charge on any atom is -0.423 e. The van der Waals surface area contributed by atoms with Gasteiger partial charge in [0.05, 0.1) is 5.56 Å². The minimum absolute atomic E-state index is 0.338. The Bertz CT molecular complexity index is 1190. The molecule has 5 rings (SSSR count). The number of carbonyl (C=O) groups is 1. The number of hydrogen-bond acceptors (Lipinski definition) is 2. The van der Waals surface area contributed by atoms with E-state index in [-0.39, 0.29) is 5.97 Å². The van der Waals surface area contributed by atoms with Crippen LogP contribution in [0.15, 0.2) is 78.9 Å². The van der Waals surface area contributed by atoms with Crippen LogP contribution in [0.3, 0.4) is 0 Å². The fourth-order valence-corrected chi connectivity index (χ4v) is 3.70. The standard InChI is InChI=1S/C24H16O2/c25-24(17-5-2-1-3-6-17)26-19-11-14-21-18(15-19)10-13-22-20-8-4-7-16(20)9-12-23(21)22/h1-7,9-15H,8H2. The maximum atomic E-state index is 12.3. The van der Waals surface area contributed by atoms with Crippen LogP contribution in [0, 0.1) is 0 Å². The zero-order chi connectivity index (χ0) is 17.5. The van der Waals surface area contributed by atoms with Crippen LogP contribution in [0.5, 0.6) is 5.75 Å². The fourth-order valence-electron chi connectivity index (χ4n) is 3.70. The summed E-state index contributed by atoms with van der Waals surface area (Å²) in [4.78, 5) is 12.3. The maximum absolute atomic E-state index is 12.3. The molecule has 0 aromatic heterocycles. The third kappa shape index (κ3) is 2.39. The van der Waals surface area contributed by atoms with Gasteiger partial charge in [-0.3, -0.25) is 0 Å². The Hall–Kier alpha value is -3.39. The molecule has 0 saturated heterocycles. The Labute approximate surface area is 151 Å². The summed E-state index contributed by atoms with van der Waals surface area (Å²) in [5, 5.41) is 4.79. The quantitative estimate of drug-likeness (QED) is 0.263. The van der Waals surface area contributed by atoms with Gasteiger partial charge < -0.3 is 4.74 Å². The summed E-state index contributed by atoms with van der Waals surface area (Å²) in [7, 11) is 0. The van der Waals surface area contributed by atoms with Gasteiger partial charge in [-0.2, -0.15) is 0 Å². The molecule has 0 atom stereocenters. The summed E-state index contributed by atoms with van der Waals surface area (Å²) in [5.74, 6) is 0.225. The highest BCUT2D eigenvalue weighted by Gasteiger charge is 2.12. The number of esters is 1. The second kappa shape index (κ2) is 5.85. The molecule has 1 aliphatic carbocycles. The van der Waals surface area contributed by atoms with E-state index in [1.54, 1.807) is 12.1 Å². The lowest BCUT2D eigenvalue weighted by atomic mass is 9.96. The third-order valence-electron chi connectivity index (χ3n) is 4.98. The molecule has 0 spiro atoms. The molecule has 0 N–H and O–H groups in total. The summed E-state index contributed by atoms with van der Waals surface area (Å²) in [5.41, 5.74) is 3.25. The van der Waals surface area contributed by atoms with Crippen LogP contribution in [0.1, 0.15) is 21.5 Å². The first-order valence-corrected chi connectivity index (χ1v) is 8.72. The zero-order valence-electron chi connectivity index (χ0n) is 14.1. The first-order chi connectivity index (χ1) is 12.8. The molecular formula is C24H16O2. The number of carbonyl (C=O) groups excluding carboxylic acids is 1. The number of hydrogen-bond donors (Lipinski definition) is 0. The second-order valence-corrected chi connectivity index (χ2v) is 6.54. The van der Waals surface area contributed by atoms with E-state index in [4.69, 9.17) is 4.74 Å². The van der Waals surface area contributed by atoms with Crippen molar-refractivity contribution in [2.75, 3.05) is 0 Å². The topological polar surface area (TPSA) is 26.3 Å². The molecule has 2 nitrogen and oxygen atoms in total. The van der Waals surface area contributed by atoms with Gasteiger partial charge in [0, 0.05) is 0 Å². The second-order valence-electron chi connectivity index (χ2n) is 6.54. The highest BCUT2D eigenvalue weighted by molar-refractivity contribution is 6.10. The molecule has 4 aromatic rings. The number of benzene rings is 4. The van der Waals surface area contributed by atoms with Gasteiger partial charge in [-0.1, -0.05) is 60.7 Å². The van der Waals surface area contributed by atoms with Crippen molar-refractivity contribution < 1.29 is 9.53 Å². The predicted molar refractivity (Wildman–Crippen MR) is 106 cm³/mol. The van der Waals surface area contributed by atoms with Gasteiger partial charge in [0.2, 0.25) is 0 Å². The van der Waals surface area contributed by atoms with E-state index in [1.165, 1.54) is 27.3 Å².